The number of carbonyl (C=O) groups excluding carboxylic acids is 1. The van der Waals surface area contributed by atoms with Crippen molar-refractivity contribution < 1.29 is 9.90 Å². The van der Waals surface area contributed by atoms with Gasteiger partial charge in [-0.3, -0.25) is 4.79 Å². The normalized spacial score (nSPS) is 12.8. The van der Waals surface area contributed by atoms with E-state index in [0.717, 1.165) is 16.7 Å². The zero-order valence-electron chi connectivity index (χ0n) is 12.5. The lowest BCUT2D eigenvalue weighted by molar-refractivity contribution is -0.125. The minimum atomic E-state index is -0.955. The first kappa shape index (κ1) is 16.7. The van der Waals surface area contributed by atoms with Crippen molar-refractivity contribution in [2.24, 2.45) is 0 Å². The maximum Gasteiger partial charge on any atom is 0.252 e. The highest BCUT2D eigenvalue weighted by Gasteiger charge is 2.23. The predicted molar refractivity (Wildman–Crippen MR) is 97.6 cm³/mol. The Morgan fingerprint density at radius 3 is 2.27 bits per heavy atom. The Morgan fingerprint density at radius 2 is 1.68 bits per heavy atom. The van der Waals surface area contributed by atoms with Crippen molar-refractivity contribution in [3.63, 3.8) is 0 Å². The van der Waals surface area contributed by atoms with Gasteiger partial charge in [0.1, 0.15) is 6.10 Å². The van der Waals surface area contributed by atoms with E-state index >= 15 is 0 Å². The van der Waals surface area contributed by atoms with Gasteiger partial charge < -0.3 is 10.0 Å². The third-order valence-electron chi connectivity index (χ3n) is 3.41. The van der Waals surface area contributed by atoms with Gasteiger partial charge in [-0.15, -0.1) is 0 Å². The van der Waals surface area contributed by atoms with Crippen LogP contribution in [0.4, 0.5) is 0 Å². The summed E-state index contributed by atoms with van der Waals surface area (Å²) in [6.07, 6.45) is -0.955. The van der Waals surface area contributed by atoms with Gasteiger partial charge in [-0.1, -0.05) is 77.2 Å². The second-order valence-electron chi connectivity index (χ2n) is 5.12. The fourth-order valence-electron chi connectivity index (χ4n) is 2.27. The molecule has 3 nitrogen and oxygen atoms in total. The van der Waals surface area contributed by atoms with Gasteiger partial charge in [-0.2, -0.15) is 0 Å². The van der Waals surface area contributed by atoms with Crippen LogP contribution in [0.25, 0.3) is 11.1 Å². The Balaban J connectivity index is 2.47. The molecule has 22 heavy (non-hydrogen) atoms. The molecular weight excluding hydrogens is 389 g/mol. The topological polar surface area (TPSA) is 40.5 Å². The molecule has 0 aliphatic rings. The number of hydrogen-bond donors (Lipinski definition) is 1. The molecule has 0 heterocycles. The van der Waals surface area contributed by atoms with E-state index in [4.69, 9.17) is 0 Å². The maximum atomic E-state index is 12.2. The maximum absolute atomic E-state index is 12.2. The van der Waals surface area contributed by atoms with Gasteiger partial charge in [0.15, 0.2) is 0 Å². The summed E-state index contributed by atoms with van der Waals surface area (Å²) in [7, 11) is 3.36. The third kappa shape index (κ3) is 3.56. The van der Waals surface area contributed by atoms with Crippen LogP contribution in [-0.2, 0) is 4.79 Å². The van der Waals surface area contributed by atoms with Crippen molar-refractivity contribution in [2.45, 2.75) is 6.10 Å². The number of aliphatic hydroxyl groups excluding tert-OH is 1. The molecule has 2 rings (SSSR count). The SMILES string of the molecule is CN(C)C(=O)/C(=C\I)C(O)c1ccccc1-c1ccccc1. The number of hydrogen-bond acceptors (Lipinski definition) is 2. The number of benzene rings is 2. The van der Waals surface area contributed by atoms with Crippen LogP contribution in [0.3, 0.4) is 0 Å². The lowest BCUT2D eigenvalue weighted by atomic mass is 9.93. The van der Waals surface area contributed by atoms with Gasteiger partial charge in [0.05, 0.1) is 5.57 Å². The van der Waals surface area contributed by atoms with Crippen molar-refractivity contribution in [3.8, 4) is 11.1 Å². The van der Waals surface area contributed by atoms with E-state index < -0.39 is 6.10 Å². The highest BCUT2D eigenvalue weighted by Crippen LogP contribution is 2.32. The largest absolute Gasteiger partial charge is 0.383 e. The van der Waals surface area contributed by atoms with Crippen LogP contribution < -0.4 is 0 Å². The average molecular weight is 407 g/mol. The molecule has 0 radical (unpaired) electrons. The van der Waals surface area contributed by atoms with Crippen molar-refractivity contribution in [3.05, 3.63) is 69.8 Å². The molecule has 0 aliphatic carbocycles. The van der Waals surface area contributed by atoms with E-state index in [2.05, 4.69) is 0 Å². The molecule has 0 saturated carbocycles. The van der Waals surface area contributed by atoms with Gasteiger partial charge in [0, 0.05) is 14.1 Å². The molecule has 1 amide bonds. The van der Waals surface area contributed by atoms with Crippen LogP contribution in [0.15, 0.2) is 64.3 Å². The van der Waals surface area contributed by atoms with E-state index in [1.165, 1.54) is 4.90 Å². The molecular formula is C18H18INO2. The summed E-state index contributed by atoms with van der Waals surface area (Å²) >= 11 is 2.00. The summed E-state index contributed by atoms with van der Waals surface area (Å²) in [5.41, 5.74) is 3.04. The van der Waals surface area contributed by atoms with Crippen LogP contribution in [0.1, 0.15) is 11.7 Å². The molecule has 2 aromatic carbocycles. The van der Waals surface area contributed by atoms with Crippen LogP contribution in [-0.4, -0.2) is 30.0 Å². The summed E-state index contributed by atoms with van der Waals surface area (Å²) in [6, 6.07) is 17.5. The van der Waals surface area contributed by atoms with Crippen LogP contribution in [0.2, 0.25) is 0 Å². The molecule has 0 aromatic heterocycles. The van der Waals surface area contributed by atoms with Crippen molar-refractivity contribution in [1.29, 1.82) is 0 Å². The van der Waals surface area contributed by atoms with E-state index in [1.54, 1.807) is 18.2 Å². The number of amides is 1. The third-order valence-corrected chi connectivity index (χ3v) is 4.08. The van der Waals surface area contributed by atoms with Crippen LogP contribution in [0, 0.1) is 0 Å². The molecule has 4 heteroatoms. The van der Waals surface area contributed by atoms with E-state index in [9.17, 15) is 9.90 Å². The lowest BCUT2D eigenvalue weighted by Gasteiger charge is -2.20. The molecule has 2 aromatic rings. The molecule has 0 spiro atoms. The van der Waals surface area contributed by atoms with E-state index in [0.29, 0.717) is 5.57 Å². The summed E-state index contributed by atoms with van der Waals surface area (Å²) < 4.78 is 1.65. The molecule has 0 bridgehead atoms. The van der Waals surface area contributed by atoms with Crippen molar-refractivity contribution >= 4 is 28.5 Å². The molecule has 0 fully saturated rings. The lowest BCUT2D eigenvalue weighted by Crippen LogP contribution is -2.26. The first-order chi connectivity index (χ1) is 10.6. The fourth-order valence-corrected chi connectivity index (χ4v) is 2.87. The van der Waals surface area contributed by atoms with Gasteiger partial charge >= 0.3 is 0 Å². The van der Waals surface area contributed by atoms with Crippen molar-refractivity contribution in [1.82, 2.24) is 4.90 Å². The number of carbonyl (C=O) groups is 1. The van der Waals surface area contributed by atoms with Crippen LogP contribution >= 0.6 is 22.6 Å². The smallest absolute Gasteiger partial charge is 0.252 e. The Labute approximate surface area is 144 Å². The second-order valence-corrected chi connectivity index (χ2v) is 5.74. The van der Waals surface area contributed by atoms with Gasteiger partial charge in [0.25, 0.3) is 5.91 Å². The molecule has 114 valence electrons. The zero-order valence-corrected chi connectivity index (χ0v) is 14.7. The molecule has 0 saturated heterocycles. The average Bonchev–Trinajstić information content (AvgIpc) is 2.56. The molecule has 1 N–H and O–H groups in total. The minimum Gasteiger partial charge on any atom is -0.383 e. The number of likely N-dealkylation sites (N-methyl/N-ethyl adjacent to an activating group) is 1. The number of aliphatic hydroxyl groups is 1. The Bertz CT molecular complexity index is 680. The first-order valence-electron chi connectivity index (χ1n) is 6.90. The highest BCUT2D eigenvalue weighted by atomic mass is 127. The standard InChI is InChI=1S/C18H18INO2/c1-20(2)18(22)16(12-19)17(21)15-11-7-6-10-14(15)13-8-4-3-5-9-13/h3-12,17,21H,1-2H3/b16-12-. The Kier molecular flexibility index (Phi) is 5.74. The van der Waals surface area contributed by atoms with Gasteiger partial charge in [-0.25, -0.2) is 0 Å². The highest BCUT2D eigenvalue weighted by molar-refractivity contribution is 14.1. The van der Waals surface area contributed by atoms with E-state index in [1.807, 2.05) is 77.2 Å². The van der Waals surface area contributed by atoms with Gasteiger partial charge in [-0.05, 0) is 20.8 Å². The summed E-state index contributed by atoms with van der Waals surface area (Å²) in [5.74, 6) is -0.190. The first-order valence-corrected chi connectivity index (χ1v) is 8.15. The molecule has 1 unspecified atom stereocenters. The Hall–Kier alpha value is -1.66. The number of nitrogens with zero attached hydrogens (tertiary/aromatic N) is 1. The summed E-state index contributed by atoms with van der Waals surface area (Å²) in [4.78, 5) is 13.7. The zero-order chi connectivity index (χ0) is 16.1. The monoisotopic (exact) mass is 407 g/mol. The Morgan fingerprint density at radius 1 is 1.09 bits per heavy atom. The fraction of sp³-hybridized carbons (Fsp3) is 0.167. The minimum absolute atomic E-state index is 0.190. The molecule has 0 aliphatic heterocycles. The molecule has 1 atom stereocenters. The predicted octanol–water partition coefficient (Wildman–Crippen LogP) is 3.79. The number of halogens is 1. The quantitative estimate of drug-likeness (QED) is 0.619. The van der Waals surface area contributed by atoms with Crippen molar-refractivity contribution in [2.75, 3.05) is 14.1 Å². The second kappa shape index (κ2) is 7.56. The number of rotatable bonds is 4. The summed E-state index contributed by atoms with van der Waals surface area (Å²) in [6.45, 7) is 0. The summed E-state index contributed by atoms with van der Waals surface area (Å²) in [5, 5.41) is 10.7. The van der Waals surface area contributed by atoms with Crippen LogP contribution in [0.5, 0.6) is 0 Å². The van der Waals surface area contributed by atoms with Gasteiger partial charge in [0.2, 0.25) is 0 Å². The van der Waals surface area contributed by atoms with E-state index in [-0.39, 0.29) is 5.91 Å².